The minimum atomic E-state index is -0.809. The molecule has 0 unspecified atom stereocenters. The Morgan fingerprint density at radius 3 is 2.54 bits per heavy atom. The number of hydrogen-bond acceptors (Lipinski definition) is 5. The van der Waals surface area contributed by atoms with Gasteiger partial charge in [0, 0.05) is 0 Å². The minimum Gasteiger partial charge on any atom is -0.464 e. The molecule has 0 aliphatic heterocycles. The van der Waals surface area contributed by atoms with Gasteiger partial charge in [-0.2, -0.15) is 0 Å². The van der Waals surface area contributed by atoms with Crippen LogP contribution in [-0.4, -0.2) is 43.6 Å². The molecule has 0 aliphatic carbocycles. The second kappa shape index (κ2) is 9.61. The molecule has 2 amide bonds. The Hall–Kier alpha value is -2.48. The molecule has 0 saturated heterocycles. The van der Waals surface area contributed by atoms with Gasteiger partial charge in [0.15, 0.2) is 0 Å². The molecule has 24 heavy (non-hydrogen) atoms. The van der Waals surface area contributed by atoms with Crippen LogP contribution in [-0.2, 0) is 23.9 Å². The fourth-order valence-electron chi connectivity index (χ4n) is 1.77. The highest BCUT2D eigenvalue weighted by atomic mass is 19.1. The van der Waals surface area contributed by atoms with Gasteiger partial charge >= 0.3 is 5.97 Å². The predicted octanol–water partition coefficient (Wildman–Crippen LogP) is 1.16. The van der Waals surface area contributed by atoms with Crippen LogP contribution in [0.15, 0.2) is 18.2 Å². The molecule has 8 heteroatoms. The first kappa shape index (κ1) is 19.6. The van der Waals surface area contributed by atoms with Crippen molar-refractivity contribution in [3.8, 4) is 0 Å². The summed E-state index contributed by atoms with van der Waals surface area (Å²) in [6, 6.07) is 3.50. The molecule has 1 aromatic rings. The normalized spacial score (nSPS) is 11.5. The lowest BCUT2D eigenvalue weighted by Crippen LogP contribution is -2.41. The highest BCUT2D eigenvalue weighted by Crippen LogP contribution is 2.15. The monoisotopic (exact) mass is 340 g/mol. The summed E-state index contributed by atoms with van der Waals surface area (Å²) in [7, 11) is 0. The molecule has 0 heterocycles. The highest BCUT2D eigenvalue weighted by molar-refractivity contribution is 5.92. The first-order chi connectivity index (χ1) is 11.3. The maximum absolute atomic E-state index is 13.5. The number of esters is 1. The van der Waals surface area contributed by atoms with Gasteiger partial charge in [-0.15, -0.1) is 0 Å². The molecule has 0 aliphatic rings. The van der Waals surface area contributed by atoms with Crippen molar-refractivity contribution in [2.24, 2.45) is 0 Å². The fraction of sp³-hybridized carbons (Fsp3) is 0.438. The number of aryl methyl sites for hydroxylation is 1. The number of carbonyl (C=O) groups is 3. The number of halogens is 1. The third-order valence-electron chi connectivity index (χ3n) is 2.88. The van der Waals surface area contributed by atoms with Crippen LogP contribution in [0.25, 0.3) is 0 Å². The number of anilines is 1. The van der Waals surface area contributed by atoms with E-state index in [-0.39, 0.29) is 12.3 Å². The quantitative estimate of drug-likeness (QED) is 0.693. The van der Waals surface area contributed by atoms with Crippen LogP contribution in [0, 0.1) is 12.7 Å². The van der Waals surface area contributed by atoms with E-state index < -0.39 is 42.9 Å². The van der Waals surface area contributed by atoms with Crippen LogP contribution in [0.2, 0.25) is 0 Å². The van der Waals surface area contributed by atoms with Gasteiger partial charge in [0.1, 0.15) is 25.1 Å². The molecule has 0 aromatic heterocycles. The summed E-state index contributed by atoms with van der Waals surface area (Å²) in [5.74, 6) is -2.27. The van der Waals surface area contributed by atoms with Gasteiger partial charge in [0.2, 0.25) is 11.8 Å². The molecule has 2 N–H and O–H groups in total. The molecule has 0 radical (unpaired) electrons. The smallest absolute Gasteiger partial charge is 0.328 e. The SMILES string of the molecule is CCOC(=O)[C@@H](C)NC(=O)COCC(=O)Nc1cc(C)ccc1F. The molecule has 1 aromatic carbocycles. The lowest BCUT2D eigenvalue weighted by atomic mass is 10.2. The van der Waals surface area contributed by atoms with Crippen molar-refractivity contribution in [3.05, 3.63) is 29.6 Å². The molecule has 0 fully saturated rings. The van der Waals surface area contributed by atoms with Gasteiger partial charge in [0.25, 0.3) is 0 Å². The van der Waals surface area contributed by atoms with Crippen LogP contribution in [0.3, 0.4) is 0 Å². The Bertz CT molecular complexity index is 606. The van der Waals surface area contributed by atoms with Crippen molar-refractivity contribution in [1.29, 1.82) is 0 Å². The molecule has 7 nitrogen and oxygen atoms in total. The van der Waals surface area contributed by atoms with Gasteiger partial charge in [-0.3, -0.25) is 9.59 Å². The van der Waals surface area contributed by atoms with E-state index in [2.05, 4.69) is 10.6 Å². The Morgan fingerprint density at radius 2 is 1.88 bits per heavy atom. The summed E-state index contributed by atoms with van der Waals surface area (Å²) in [6.45, 7) is 4.28. The molecule has 0 saturated carbocycles. The van der Waals surface area contributed by atoms with Crippen molar-refractivity contribution in [2.75, 3.05) is 25.1 Å². The van der Waals surface area contributed by atoms with E-state index in [1.54, 1.807) is 19.9 Å². The molecule has 1 rings (SSSR count). The summed E-state index contributed by atoms with van der Waals surface area (Å²) in [6.07, 6.45) is 0. The van der Waals surface area contributed by atoms with Crippen molar-refractivity contribution in [3.63, 3.8) is 0 Å². The standard InChI is InChI=1S/C16H21FN2O5/c1-4-24-16(22)11(3)18-14(20)8-23-9-15(21)19-13-7-10(2)5-6-12(13)17/h5-7,11H,4,8-9H2,1-3H3,(H,18,20)(H,19,21)/t11-/m1/s1. The molecule has 132 valence electrons. The van der Waals surface area contributed by atoms with Crippen LogP contribution in [0.4, 0.5) is 10.1 Å². The largest absolute Gasteiger partial charge is 0.464 e. The number of nitrogens with one attached hydrogen (secondary N) is 2. The first-order valence-electron chi connectivity index (χ1n) is 7.43. The zero-order valence-corrected chi connectivity index (χ0v) is 13.8. The van der Waals surface area contributed by atoms with Crippen LogP contribution in [0.5, 0.6) is 0 Å². The summed E-state index contributed by atoms with van der Waals surface area (Å²) in [5, 5.41) is 4.73. The predicted molar refractivity (Wildman–Crippen MR) is 84.8 cm³/mol. The third-order valence-corrected chi connectivity index (χ3v) is 2.88. The van der Waals surface area contributed by atoms with Crippen LogP contribution in [0.1, 0.15) is 19.4 Å². The highest BCUT2D eigenvalue weighted by Gasteiger charge is 2.16. The van der Waals surface area contributed by atoms with Crippen LogP contribution < -0.4 is 10.6 Å². The maximum Gasteiger partial charge on any atom is 0.328 e. The average molecular weight is 340 g/mol. The summed E-state index contributed by atoms with van der Waals surface area (Å²) >= 11 is 0. The Labute approximate surface area is 139 Å². The summed E-state index contributed by atoms with van der Waals surface area (Å²) in [5.41, 5.74) is 0.837. The Kier molecular flexibility index (Phi) is 7.84. The maximum atomic E-state index is 13.5. The zero-order valence-electron chi connectivity index (χ0n) is 13.8. The van der Waals surface area contributed by atoms with Gasteiger partial charge < -0.3 is 20.1 Å². The van der Waals surface area contributed by atoms with Gasteiger partial charge in [-0.05, 0) is 38.5 Å². The number of ether oxygens (including phenoxy) is 2. The zero-order chi connectivity index (χ0) is 18.1. The van der Waals surface area contributed by atoms with Gasteiger partial charge in [0.05, 0.1) is 12.3 Å². The molecule has 0 bridgehead atoms. The topological polar surface area (TPSA) is 93.7 Å². The minimum absolute atomic E-state index is 0.0454. The third kappa shape index (κ3) is 6.74. The fourth-order valence-corrected chi connectivity index (χ4v) is 1.77. The number of rotatable bonds is 8. The van der Waals surface area contributed by atoms with Crippen molar-refractivity contribution < 1.29 is 28.2 Å². The molecule has 0 spiro atoms. The van der Waals surface area contributed by atoms with E-state index in [1.165, 1.54) is 19.1 Å². The Morgan fingerprint density at radius 1 is 1.21 bits per heavy atom. The average Bonchev–Trinajstić information content (AvgIpc) is 2.51. The number of amides is 2. The van der Waals surface area contributed by atoms with Gasteiger partial charge in [-0.25, -0.2) is 9.18 Å². The second-order valence-corrected chi connectivity index (χ2v) is 5.07. The van der Waals surface area contributed by atoms with Gasteiger partial charge in [-0.1, -0.05) is 6.07 Å². The summed E-state index contributed by atoms with van der Waals surface area (Å²) < 4.78 is 23.2. The van der Waals surface area contributed by atoms with E-state index in [4.69, 9.17) is 9.47 Å². The number of benzene rings is 1. The lowest BCUT2D eigenvalue weighted by Gasteiger charge is -2.12. The van der Waals surface area contributed by atoms with E-state index in [9.17, 15) is 18.8 Å². The van der Waals surface area contributed by atoms with Crippen LogP contribution >= 0.6 is 0 Å². The van der Waals surface area contributed by atoms with Crippen molar-refractivity contribution in [1.82, 2.24) is 5.32 Å². The van der Waals surface area contributed by atoms with E-state index >= 15 is 0 Å². The van der Waals surface area contributed by atoms with Crippen molar-refractivity contribution >= 4 is 23.5 Å². The first-order valence-corrected chi connectivity index (χ1v) is 7.43. The van der Waals surface area contributed by atoms with E-state index in [0.717, 1.165) is 5.56 Å². The molecule has 1 atom stereocenters. The summed E-state index contributed by atoms with van der Waals surface area (Å²) in [4.78, 5) is 34.6. The van der Waals surface area contributed by atoms with E-state index in [1.807, 2.05) is 0 Å². The Balaban J connectivity index is 2.33. The van der Waals surface area contributed by atoms with Crippen molar-refractivity contribution in [2.45, 2.75) is 26.8 Å². The second-order valence-electron chi connectivity index (χ2n) is 5.07. The lowest BCUT2D eigenvalue weighted by molar-refractivity contribution is -0.147. The van der Waals surface area contributed by atoms with E-state index in [0.29, 0.717) is 0 Å². The number of carbonyl (C=O) groups excluding carboxylic acids is 3. The molecular weight excluding hydrogens is 319 g/mol. The molecular formula is C16H21FN2O5. The number of hydrogen-bond donors (Lipinski definition) is 2.